The molecule has 5 heteroatoms. The second-order valence-electron chi connectivity index (χ2n) is 6.69. The van der Waals surface area contributed by atoms with Gasteiger partial charge in [-0.05, 0) is 37.8 Å². The summed E-state index contributed by atoms with van der Waals surface area (Å²) in [6, 6.07) is 11.0. The number of amides is 1. The summed E-state index contributed by atoms with van der Waals surface area (Å²) < 4.78 is 5.27. The van der Waals surface area contributed by atoms with E-state index >= 15 is 0 Å². The fourth-order valence-electron chi connectivity index (χ4n) is 3.23. The molecule has 0 bridgehead atoms. The molecule has 0 spiro atoms. The Labute approximate surface area is 147 Å². The minimum absolute atomic E-state index is 0.214. The van der Waals surface area contributed by atoms with Crippen molar-refractivity contribution < 1.29 is 14.3 Å². The molecule has 3 rings (SSSR count). The molecular formula is C20H24N2O3. The zero-order valence-electron chi connectivity index (χ0n) is 14.5. The van der Waals surface area contributed by atoms with Gasteiger partial charge in [0.1, 0.15) is 5.69 Å². The van der Waals surface area contributed by atoms with Crippen LogP contribution in [0, 0.1) is 5.92 Å². The van der Waals surface area contributed by atoms with E-state index in [1.165, 1.54) is 19.3 Å². The van der Waals surface area contributed by atoms with Crippen LogP contribution in [0.3, 0.4) is 0 Å². The van der Waals surface area contributed by atoms with Crippen molar-refractivity contribution in [2.24, 2.45) is 5.92 Å². The molecule has 0 aliphatic heterocycles. The maximum Gasteiger partial charge on any atom is 0.357 e. The molecule has 1 aliphatic carbocycles. The van der Waals surface area contributed by atoms with Crippen molar-refractivity contribution in [3.05, 3.63) is 42.1 Å². The van der Waals surface area contributed by atoms with Crippen LogP contribution in [0.1, 0.15) is 49.5 Å². The number of hydrogen-bond acceptors (Lipinski definition) is 4. The minimum Gasteiger partial charge on any atom is -0.448 e. The van der Waals surface area contributed by atoms with E-state index in [4.69, 9.17) is 4.74 Å². The highest BCUT2D eigenvalue weighted by Gasteiger charge is 2.21. The number of ether oxygens (including phenoxy) is 1. The van der Waals surface area contributed by atoms with Crippen LogP contribution in [-0.2, 0) is 9.53 Å². The van der Waals surface area contributed by atoms with Gasteiger partial charge >= 0.3 is 5.97 Å². The third-order valence-corrected chi connectivity index (χ3v) is 4.75. The summed E-state index contributed by atoms with van der Waals surface area (Å²) in [5, 5.41) is 3.86. The van der Waals surface area contributed by atoms with Crippen LogP contribution in [0.25, 0.3) is 10.9 Å². The van der Waals surface area contributed by atoms with E-state index in [1.54, 1.807) is 13.0 Å². The fraction of sp³-hybridized carbons (Fsp3) is 0.450. The average Bonchev–Trinajstić information content (AvgIpc) is 2.66. The molecule has 1 saturated carbocycles. The van der Waals surface area contributed by atoms with Gasteiger partial charge in [-0.1, -0.05) is 43.5 Å². The lowest BCUT2D eigenvalue weighted by Crippen LogP contribution is -2.38. The Morgan fingerprint density at radius 2 is 1.92 bits per heavy atom. The van der Waals surface area contributed by atoms with Crippen LogP contribution in [0.5, 0.6) is 0 Å². The number of carbonyl (C=O) groups excluding carboxylic acids is 2. The van der Waals surface area contributed by atoms with Crippen LogP contribution in [0.2, 0.25) is 0 Å². The fourth-order valence-corrected chi connectivity index (χ4v) is 3.23. The Kier molecular flexibility index (Phi) is 5.64. The molecule has 1 amide bonds. The summed E-state index contributed by atoms with van der Waals surface area (Å²) in [4.78, 5) is 28.7. The van der Waals surface area contributed by atoms with Crippen molar-refractivity contribution in [3.8, 4) is 0 Å². The SMILES string of the molecule is C[C@@H](OC(=O)c1ccc2ccccc2n1)C(=O)NCC1CCCCC1. The number of nitrogens with zero attached hydrogens (tertiary/aromatic N) is 1. The predicted molar refractivity (Wildman–Crippen MR) is 96.2 cm³/mol. The van der Waals surface area contributed by atoms with Crippen LogP contribution in [0.15, 0.2) is 36.4 Å². The summed E-state index contributed by atoms with van der Waals surface area (Å²) in [7, 11) is 0. The van der Waals surface area contributed by atoms with Gasteiger partial charge in [0, 0.05) is 11.9 Å². The largest absolute Gasteiger partial charge is 0.448 e. The van der Waals surface area contributed by atoms with Gasteiger partial charge < -0.3 is 10.1 Å². The smallest absolute Gasteiger partial charge is 0.357 e. The molecule has 1 fully saturated rings. The van der Waals surface area contributed by atoms with Crippen molar-refractivity contribution in [3.63, 3.8) is 0 Å². The molecular weight excluding hydrogens is 316 g/mol. The highest BCUT2D eigenvalue weighted by atomic mass is 16.5. The summed E-state index contributed by atoms with van der Waals surface area (Å²) in [5.74, 6) is -0.284. The number of carbonyl (C=O) groups is 2. The molecule has 1 aromatic heterocycles. The van der Waals surface area contributed by atoms with Crippen molar-refractivity contribution >= 4 is 22.8 Å². The average molecular weight is 340 g/mol. The number of rotatable bonds is 5. The van der Waals surface area contributed by atoms with Crippen molar-refractivity contribution in [1.82, 2.24) is 10.3 Å². The number of nitrogens with one attached hydrogen (secondary N) is 1. The van der Waals surface area contributed by atoms with Gasteiger partial charge in [0.05, 0.1) is 5.52 Å². The first-order valence-corrected chi connectivity index (χ1v) is 8.98. The maximum atomic E-state index is 12.2. The second-order valence-corrected chi connectivity index (χ2v) is 6.69. The number of para-hydroxylation sites is 1. The van der Waals surface area contributed by atoms with Crippen LogP contribution < -0.4 is 5.32 Å². The van der Waals surface area contributed by atoms with Crippen LogP contribution in [0.4, 0.5) is 0 Å². The number of aromatic nitrogens is 1. The Bertz CT molecular complexity index is 753. The highest BCUT2D eigenvalue weighted by molar-refractivity contribution is 5.93. The summed E-state index contributed by atoms with van der Waals surface area (Å²) in [5.41, 5.74) is 0.942. The van der Waals surface area contributed by atoms with Gasteiger partial charge in [-0.2, -0.15) is 0 Å². The molecule has 1 atom stereocenters. The predicted octanol–water partition coefficient (Wildman–Crippen LogP) is 3.48. The molecule has 0 unspecified atom stereocenters. The topological polar surface area (TPSA) is 68.3 Å². The zero-order chi connectivity index (χ0) is 17.6. The first-order chi connectivity index (χ1) is 12.1. The van der Waals surface area contributed by atoms with Crippen molar-refractivity contribution in [2.45, 2.75) is 45.1 Å². The van der Waals surface area contributed by atoms with Crippen LogP contribution in [-0.4, -0.2) is 29.5 Å². The molecule has 5 nitrogen and oxygen atoms in total. The number of pyridine rings is 1. The molecule has 1 aromatic carbocycles. The van der Waals surface area contributed by atoms with E-state index < -0.39 is 12.1 Å². The second kappa shape index (κ2) is 8.10. The Morgan fingerprint density at radius 3 is 2.72 bits per heavy atom. The Morgan fingerprint density at radius 1 is 1.16 bits per heavy atom. The zero-order valence-corrected chi connectivity index (χ0v) is 14.5. The van der Waals surface area contributed by atoms with Crippen molar-refractivity contribution in [1.29, 1.82) is 0 Å². The van der Waals surface area contributed by atoms with Crippen molar-refractivity contribution in [2.75, 3.05) is 6.54 Å². The molecule has 0 radical (unpaired) electrons. The van der Waals surface area contributed by atoms with Gasteiger partial charge in [-0.15, -0.1) is 0 Å². The minimum atomic E-state index is -0.829. The third-order valence-electron chi connectivity index (χ3n) is 4.75. The standard InChI is InChI=1S/C20H24N2O3/c1-14(19(23)21-13-15-7-3-2-4-8-15)25-20(24)18-12-11-16-9-5-6-10-17(16)22-18/h5-6,9-12,14-15H,2-4,7-8,13H2,1H3,(H,21,23)/t14-/m1/s1. The molecule has 132 valence electrons. The first kappa shape index (κ1) is 17.4. The lowest BCUT2D eigenvalue weighted by molar-refractivity contribution is -0.129. The number of hydrogen-bond donors (Lipinski definition) is 1. The number of esters is 1. The first-order valence-electron chi connectivity index (χ1n) is 8.98. The molecule has 1 heterocycles. The van der Waals surface area contributed by atoms with E-state index in [1.807, 2.05) is 30.3 Å². The lowest BCUT2D eigenvalue weighted by Gasteiger charge is -2.22. The quantitative estimate of drug-likeness (QED) is 0.846. The normalized spacial score (nSPS) is 16.4. The van der Waals surface area contributed by atoms with E-state index in [9.17, 15) is 9.59 Å². The summed E-state index contributed by atoms with van der Waals surface area (Å²) in [6.45, 7) is 2.25. The van der Waals surface area contributed by atoms with Crippen LogP contribution >= 0.6 is 0 Å². The Balaban J connectivity index is 1.54. The van der Waals surface area contributed by atoms with Gasteiger partial charge in [-0.25, -0.2) is 9.78 Å². The summed E-state index contributed by atoms with van der Waals surface area (Å²) >= 11 is 0. The van der Waals surface area contributed by atoms with E-state index in [0.717, 1.165) is 23.7 Å². The van der Waals surface area contributed by atoms with E-state index in [-0.39, 0.29) is 11.6 Å². The lowest BCUT2D eigenvalue weighted by atomic mass is 9.89. The van der Waals surface area contributed by atoms with Gasteiger partial charge in [0.2, 0.25) is 0 Å². The van der Waals surface area contributed by atoms with Gasteiger partial charge in [0.15, 0.2) is 6.10 Å². The molecule has 1 N–H and O–H groups in total. The maximum absolute atomic E-state index is 12.2. The van der Waals surface area contributed by atoms with Gasteiger partial charge in [0.25, 0.3) is 5.91 Å². The summed E-state index contributed by atoms with van der Waals surface area (Å²) in [6.07, 6.45) is 5.25. The van der Waals surface area contributed by atoms with E-state index in [0.29, 0.717) is 12.5 Å². The molecule has 25 heavy (non-hydrogen) atoms. The molecule has 1 aliphatic rings. The molecule has 0 saturated heterocycles. The Hall–Kier alpha value is -2.43. The van der Waals surface area contributed by atoms with E-state index in [2.05, 4.69) is 10.3 Å². The monoisotopic (exact) mass is 340 g/mol. The molecule has 2 aromatic rings. The third kappa shape index (κ3) is 4.56. The highest BCUT2D eigenvalue weighted by Crippen LogP contribution is 2.22. The van der Waals surface area contributed by atoms with Gasteiger partial charge in [-0.3, -0.25) is 4.79 Å². The number of fused-ring (bicyclic) bond motifs is 1. The number of benzene rings is 1.